The molecule has 1 fully saturated rings. The van der Waals surface area contributed by atoms with Gasteiger partial charge in [-0.15, -0.1) is 0 Å². The molecule has 9 heteroatoms. The highest BCUT2D eigenvalue weighted by Gasteiger charge is 2.39. The van der Waals surface area contributed by atoms with Crippen molar-refractivity contribution in [2.24, 2.45) is 0 Å². The summed E-state index contributed by atoms with van der Waals surface area (Å²) in [5.74, 6) is 0.0339. The van der Waals surface area contributed by atoms with Crippen LogP contribution in [0.4, 0.5) is 13.2 Å². The zero-order valence-corrected chi connectivity index (χ0v) is 14.9. The fraction of sp³-hybridized carbons (Fsp3) is 0.353. The molecule has 0 bridgehead atoms. The number of aromatic nitrogens is 1. The predicted octanol–water partition coefficient (Wildman–Crippen LogP) is 3.17. The Bertz CT molecular complexity index is 906. The molecule has 1 aliphatic rings. The van der Waals surface area contributed by atoms with E-state index < -0.39 is 27.9 Å². The zero-order chi connectivity index (χ0) is 19.1. The number of ether oxygens (including phenoxy) is 1. The summed E-state index contributed by atoms with van der Waals surface area (Å²) in [5, 5.41) is 0. The molecule has 0 unspecified atom stereocenters. The highest BCUT2D eigenvalue weighted by Crippen LogP contribution is 2.30. The Morgan fingerprint density at radius 2 is 1.85 bits per heavy atom. The Kier molecular flexibility index (Phi) is 4.70. The van der Waals surface area contributed by atoms with E-state index in [0.29, 0.717) is 11.8 Å². The smallest absolute Gasteiger partial charge is 0.417 e. The first-order valence-corrected chi connectivity index (χ1v) is 9.29. The Labute approximate surface area is 149 Å². The second-order valence-corrected chi connectivity index (χ2v) is 8.12. The van der Waals surface area contributed by atoms with Gasteiger partial charge in [0, 0.05) is 12.3 Å². The van der Waals surface area contributed by atoms with Gasteiger partial charge in [-0.1, -0.05) is 17.7 Å². The third-order valence-corrected chi connectivity index (χ3v) is 6.11. The highest BCUT2D eigenvalue weighted by atomic mass is 32.2. The first-order valence-electron chi connectivity index (χ1n) is 7.84. The normalized spacial score (nSPS) is 16.3. The van der Waals surface area contributed by atoms with Crippen molar-refractivity contribution in [2.75, 3.05) is 13.1 Å². The molecule has 1 aliphatic heterocycles. The van der Waals surface area contributed by atoms with E-state index >= 15 is 0 Å². The molecule has 1 aromatic carbocycles. The van der Waals surface area contributed by atoms with Gasteiger partial charge in [0.25, 0.3) is 0 Å². The fourth-order valence-electron chi connectivity index (χ4n) is 2.69. The number of halogens is 3. The maximum absolute atomic E-state index is 12.6. The fourth-order valence-corrected chi connectivity index (χ4v) is 4.40. The second kappa shape index (κ2) is 6.55. The van der Waals surface area contributed by atoms with Crippen LogP contribution in [0.25, 0.3) is 0 Å². The van der Waals surface area contributed by atoms with Crippen molar-refractivity contribution in [3.05, 3.63) is 53.2 Å². The number of hydrogen-bond donors (Lipinski definition) is 0. The van der Waals surface area contributed by atoms with Gasteiger partial charge in [0.05, 0.1) is 23.5 Å². The van der Waals surface area contributed by atoms with Gasteiger partial charge in [0.1, 0.15) is 6.10 Å². The summed E-state index contributed by atoms with van der Waals surface area (Å²) in [4.78, 5) is 3.87. The van der Waals surface area contributed by atoms with Crippen LogP contribution in [-0.4, -0.2) is 36.9 Å². The predicted molar refractivity (Wildman–Crippen MR) is 88.3 cm³/mol. The molecule has 0 spiro atoms. The monoisotopic (exact) mass is 386 g/mol. The molecule has 3 rings (SSSR count). The van der Waals surface area contributed by atoms with Gasteiger partial charge in [-0.25, -0.2) is 13.4 Å². The highest BCUT2D eigenvalue weighted by molar-refractivity contribution is 7.89. The number of pyridine rings is 1. The minimum Gasteiger partial charge on any atom is -0.472 e. The quantitative estimate of drug-likeness (QED) is 0.810. The van der Waals surface area contributed by atoms with Gasteiger partial charge in [-0.05, 0) is 31.5 Å². The number of alkyl halides is 3. The minimum atomic E-state index is -4.46. The molecule has 0 aliphatic carbocycles. The molecule has 0 saturated carbocycles. The summed E-state index contributed by atoms with van der Waals surface area (Å²) in [5.41, 5.74) is 0.774. The molecular weight excluding hydrogens is 369 g/mol. The van der Waals surface area contributed by atoms with E-state index in [2.05, 4.69) is 4.98 Å². The maximum Gasteiger partial charge on any atom is 0.417 e. The number of hydrogen-bond acceptors (Lipinski definition) is 4. The van der Waals surface area contributed by atoms with E-state index in [1.807, 2.05) is 6.92 Å². The SMILES string of the molecule is Cc1ccc(S(=O)(=O)N2CC(Oc3ccc(C(F)(F)F)cn3)C2)c(C)c1. The summed E-state index contributed by atoms with van der Waals surface area (Å²) >= 11 is 0. The van der Waals surface area contributed by atoms with Gasteiger partial charge in [-0.2, -0.15) is 17.5 Å². The first-order chi connectivity index (χ1) is 12.1. The number of aryl methyl sites for hydroxylation is 2. The van der Waals surface area contributed by atoms with Crippen LogP contribution in [-0.2, 0) is 16.2 Å². The van der Waals surface area contributed by atoms with Gasteiger partial charge >= 0.3 is 6.18 Å². The molecule has 1 aromatic heterocycles. The van der Waals surface area contributed by atoms with E-state index in [9.17, 15) is 21.6 Å². The number of nitrogens with zero attached hydrogens (tertiary/aromatic N) is 2. The van der Waals surface area contributed by atoms with Crippen LogP contribution in [0.1, 0.15) is 16.7 Å². The van der Waals surface area contributed by atoms with E-state index in [4.69, 9.17) is 4.74 Å². The van der Waals surface area contributed by atoms with Gasteiger partial charge in [0.15, 0.2) is 0 Å². The number of sulfonamides is 1. The topological polar surface area (TPSA) is 59.5 Å². The largest absolute Gasteiger partial charge is 0.472 e. The summed E-state index contributed by atoms with van der Waals surface area (Å²) in [7, 11) is -3.62. The number of benzene rings is 1. The van der Waals surface area contributed by atoms with E-state index in [0.717, 1.165) is 17.7 Å². The molecule has 5 nitrogen and oxygen atoms in total. The van der Waals surface area contributed by atoms with Crippen molar-refractivity contribution in [2.45, 2.75) is 31.0 Å². The van der Waals surface area contributed by atoms with Crippen LogP contribution in [0.2, 0.25) is 0 Å². The van der Waals surface area contributed by atoms with Crippen LogP contribution >= 0.6 is 0 Å². The Balaban J connectivity index is 1.63. The molecule has 140 valence electrons. The number of rotatable bonds is 4. The lowest BCUT2D eigenvalue weighted by atomic mass is 10.2. The van der Waals surface area contributed by atoms with Crippen LogP contribution in [0.15, 0.2) is 41.4 Å². The Morgan fingerprint density at radius 3 is 2.38 bits per heavy atom. The molecule has 0 amide bonds. The van der Waals surface area contributed by atoms with E-state index in [-0.39, 0.29) is 23.9 Å². The molecule has 0 N–H and O–H groups in total. The van der Waals surface area contributed by atoms with Crippen molar-refractivity contribution in [3.8, 4) is 5.88 Å². The minimum absolute atomic E-state index is 0.0339. The first kappa shape index (κ1) is 18.7. The zero-order valence-electron chi connectivity index (χ0n) is 14.1. The van der Waals surface area contributed by atoms with Crippen molar-refractivity contribution >= 4 is 10.0 Å². The molecule has 1 saturated heterocycles. The summed E-state index contributed by atoms with van der Waals surface area (Å²) in [6, 6.07) is 7.12. The third-order valence-electron chi connectivity index (χ3n) is 4.11. The molecule has 0 radical (unpaired) electrons. The molecule has 2 heterocycles. The second-order valence-electron chi connectivity index (χ2n) is 6.21. The van der Waals surface area contributed by atoms with E-state index in [1.165, 1.54) is 4.31 Å². The summed E-state index contributed by atoms with van der Waals surface area (Å²) in [6.07, 6.45) is -4.21. The van der Waals surface area contributed by atoms with Gasteiger partial charge in [-0.3, -0.25) is 0 Å². The maximum atomic E-state index is 12.6. The lowest BCUT2D eigenvalue weighted by Gasteiger charge is -2.37. The van der Waals surface area contributed by atoms with Crippen LogP contribution in [0.5, 0.6) is 5.88 Å². The van der Waals surface area contributed by atoms with Crippen molar-refractivity contribution in [1.82, 2.24) is 9.29 Å². The third kappa shape index (κ3) is 3.68. The van der Waals surface area contributed by atoms with Crippen LogP contribution < -0.4 is 4.74 Å². The lowest BCUT2D eigenvalue weighted by Crippen LogP contribution is -2.56. The average Bonchev–Trinajstić information content (AvgIpc) is 2.49. The Morgan fingerprint density at radius 1 is 1.15 bits per heavy atom. The van der Waals surface area contributed by atoms with Gasteiger partial charge in [0.2, 0.25) is 15.9 Å². The van der Waals surface area contributed by atoms with Crippen LogP contribution in [0, 0.1) is 13.8 Å². The molecule has 0 atom stereocenters. The molecule has 26 heavy (non-hydrogen) atoms. The van der Waals surface area contributed by atoms with Crippen molar-refractivity contribution in [3.63, 3.8) is 0 Å². The average molecular weight is 386 g/mol. The Hall–Kier alpha value is -2.13. The van der Waals surface area contributed by atoms with Gasteiger partial charge < -0.3 is 4.74 Å². The van der Waals surface area contributed by atoms with E-state index in [1.54, 1.807) is 25.1 Å². The lowest BCUT2D eigenvalue weighted by molar-refractivity contribution is -0.137. The summed E-state index contributed by atoms with van der Waals surface area (Å²) < 4.78 is 69.5. The summed E-state index contributed by atoms with van der Waals surface area (Å²) in [6.45, 7) is 3.87. The van der Waals surface area contributed by atoms with Crippen molar-refractivity contribution in [1.29, 1.82) is 0 Å². The molecular formula is C17H17F3N2O3S. The molecule has 2 aromatic rings. The standard InChI is InChI=1S/C17H17F3N2O3S/c1-11-3-5-15(12(2)7-11)26(23,24)22-9-14(10-22)25-16-6-4-13(8-21-16)17(18,19)20/h3-8,14H,9-10H2,1-2H3. The van der Waals surface area contributed by atoms with Crippen molar-refractivity contribution < 1.29 is 26.3 Å². The van der Waals surface area contributed by atoms with Crippen LogP contribution in [0.3, 0.4) is 0 Å².